The topological polar surface area (TPSA) is 76.4 Å². The highest BCUT2D eigenvalue weighted by Crippen LogP contribution is 2.19. The molecule has 1 amide bonds. The van der Waals surface area contributed by atoms with Crippen LogP contribution in [0.3, 0.4) is 0 Å². The van der Waals surface area contributed by atoms with E-state index in [1.165, 1.54) is 6.26 Å². The van der Waals surface area contributed by atoms with Crippen molar-refractivity contribution in [1.29, 1.82) is 0 Å². The Morgan fingerprint density at radius 1 is 1.11 bits per heavy atom. The second-order valence-electron chi connectivity index (χ2n) is 6.84. The highest BCUT2D eigenvalue weighted by Gasteiger charge is 2.12. The zero-order valence-electron chi connectivity index (χ0n) is 15.4. The summed E-state index contributed by atoms with van der Waals surface area (Å²) >= 11 is 0. The molecule has 2 aromatic carbocycles. The molecule has 1 heterocycles. The lowest BCUT2D eigenvalue weighted by Crippen LogP contribution is -2.34. The SMILES string of the molecule is CC(Cc1cc2ccccc2o1)NC(=O)CCc1ccc(S(C)(=O)=O)cc1. The number of para-hydroxylation sites is 1. The molecule has 0 aliphatic carbocycles. The van der Waals surface area contributed by atoms with Crippen molar-refractivity contribution in [1.82, 2.24) is 5.32 Å². The van der Waals surface area contributed by atoms with Crippen LogP contribution >= 0.6 is 0 Å². The van der Waals surface area contributed by atoms with Crippen molar-refractivity contribution >= 4 is 26.7 Å². The van der Waals surface area contributed by atoms with Crippen molar-refractivity contribution in [3.05, 3.63) is 65.9 Å². The molecule has 1 atom stereocenters. The van der Waals surface area contributed by atoms with E-state index in [2.05, 4.69) is 5.32 Å². The molecule has 142 valence electrons. The number of rotatable bonds is 7. The fourth-order valence-corrected chi connectivity index (χ4v) is 3.63. The van der Waals surface area contributed by atoms with Crippen LogP contribution < -0.4 is 5.32 Å². The van der Waals surface area contributed by atoms with Gasteiger partial charge in [0.1, 0.15) is 11.3 Å². The van der Waals surface area contributed by atoms with Crippen LogP contribution in [-0.2, 0) is 27.5 Å². The summed E-state index contributed by atoms with van der Waals surface area (Å²) in [6, 6.07) is 16.4. The molecule has 3 rings (SSSR count). The van der Waals surface area contributed by atoms with E-state index < -0.39 is 9.84 Å². The number of sulfone groups is 1. The highest BCUT2D eigenvalue weighted by molar-refractivity contribution is 7.90. The van der Waals surface area contributed by atoms with Crippen LogP contribution in [0, 0.1) is 0 Å². The molecule has 0 fully saturated rings. The quantitative estimate of drug-likeness (QED) is 0.675. The zero-order chi connectivity index (χ0) is 19.4. The molecule has 27 heavy (non-hydrogen) atoms. The first kappa shape index (κ1) is 19.2. The third-order valence-electron chi connectivity index (χ3n) is 4.38. The molecule has 0 saturated heterocycles. The number of benzene rings is 2. The standard InChI is InChI=1S/C21H23NO4S/c1-15(13-18-14-17-5-3-4-6-20(17)26-18)22-21(23)12-9-16-7-10-19(11-8-16)27(2,24)25/h3-8,10-11,14-15H,9,12-13H2,1-2H3,(H,22,23). The summed E-state index contributed by atoms with van der Waals surface area (Å²) in [5, 5.41) is 4.04. The molecule has 0 saturated carbocycles. The van der Waals surface area contributed by atoms with E-state index in [9.17, 15) is 13.2 Å². The Labute approximate surface area is 159 Å². The lowest BCUT2D eigenvalue weighted by atomic mass is 10.1. The number of aryl methyl sites for hydroxylation is 1. The molecule has 5 nitrogen and oxygen atoms in total. The van der Waals surface area contributed by atoms with Crippen molar-refractivity contribution < 1.29 is 17.6 Å². The highest BCUT2D eigenvalue weighted by atomic mass is 32.2. The fourth-order valence-electron chi connectivity index (χ4n) is 3.00. The van der Waals surface area contributed by atoms with Gasteiger partial charge in [0, 0.05) is 30.5 Å². The van der Waals surface area contributed by atoms with Crippen molar-refractivity contribution in [2.24, 2.45) is 0 Å². The molecule has 6 heteroatoms. The van der Waals surface area contributed by atoms with Crippen molar-refractivity contribution in [2.75, 3.05) is 6.26 Å². The van der Waals surface area contributed by atoms with Crippen LogP contribution in [0.2, 0.25) is 0 Å². The van der Waals surface area contributed by atoms with Gasteiger partial charge in [0.05, 0.1) is 4.90 Å². The first-order chi connectivity index (χ1) is 12.8. The van der Waals surface area contributed by atoms with Gasteiger partial charge < -0.3 is 9.73 Å². The lowest BCUT2D eigenvalue weighted by Gasteiger charge is -2.12. The van der Waals surface area contributed by atoms with Crippen LogP contribution in [0.1, 0.15) is 24.7 Å². The minimum Gasteiger partial charge on any atom is -0.461 e. The number of fused-ring (bicyclic) bond motifs is 1. The van der Waals surface area contributed by atoms with E-state index in [1.54, 1.807) is 24.3 Å². The zero-order valence-corrected chi connectivity index (χ0v) is 16.3. The van der Waals surface area contributed by atoms with Gasteiger partial charge in [-0.2, -0.15) is 0 Å². The van der Waals surface area contributed by atoms with E-state index in [4.69, 9.17) is 4.42 Å². The molecule has 1 unspecified atom stereocenters. The Bertz CT molecular complexity index is 1000. The average molecular weight is 385 g/mol. The molecule has 0 aliphatic rings. The monoisotopic (exact) mass is 385 g/mol. The van der Waals surface area contributed by atoms with E-state index >= 15 is 0 Å². The smallest absolute Gasteiger partial charge is 0.220 e. The summed E-state index contributed by atoms with van der Waals surface area (Å²) in [5.41, 5.74) is 1.78. The molecule has 0 aliphatic heterocycles. The van der Waals surface area contributed by atoms with Crippen LogP contribution in [0.5, 0.6) is 0 Å². The molecular formula is C21H23NO4S. The molecular weight excluding hydrogens is 362 g/mol. The van der Waals surface area contributed by atoms with Crippen LogP contribution in [0.15, 0.2) is 63.9 Å². The predicted octanol–water partition coefficient (Wildman–Crippen LogP) is 3.52. The van der Waals surface area contributed by atoms with Gasteiger partial charge in [0.15, 0.2) is 9.84 Å². The Kier molecular flexibility index (Phi) is 5.65. The van der Waals surface area contributed by atoms with E-state index in [0.717, 1.165) is 22.3 Å². The van der Waals surface area contributed by atoms with Crippen LogP contribution in [0.25, 0.3) is 11.0 Å². The van der Waals surface area contributed by atoms with Gasteiger partial charge in [-0.3, -0.25) is 4.79 Å². The van der Waals surface area contributed by atoms with Crippen molar-refractivity contribution in [3.8, 4) is 0 Å². The van der Waals surface area contributed by atoms with E-state index in [1.807, 2.05) is 37.3 Å². The van der Waals surface area contributed by atoms with Gasteiger partial charge in [-0.05, 0) is 43.2 Å². The third-order valence-corrected chi connectivity index (χ3v) is 5.51. The maximum atomic E-state index is 12.2. The van der Waals surface area contributed by atoms with Gasteiger partial charge >= 0.3 is 0 Å². The molecule has 0 radical (unpaired) electrons. The summed E-state index contributed by atoms with van der Waals surface area (Å²) in [7, 11) is -3.19. The maximum Gasteiger partial charge on any atom is 0.220 e. The number of carbonyl (C=O) groups is 1. The Balaban J connectivity index is 1.49. The number of furan rings is 1. The minimum atomic E-state index is -3.19. The van der Waals surface area contributed by atoms with Gasteiger partial charge in [-0.1, -0.05) is 30.3 Å². The molecule has 3 aromatic rings. The largest absolute Gasteiger partial charge is 0.461 e. The van der Waals surface area contributed by atoms with Gasteiger partial charge in [0.2, 0.25) is 5.91 Å². The molecule has 1 aromatic heterocycles. The molecule has 0 spiro atoms. The van der Waals surface area contributed by atoms with E-state index in [-0.39, 0.29) is 16.8 Å². The Hall–Kier alpha value is -2.60. The fraction of sp³-hybridized carbons (Fsp3) is 0.286. The van der Waals surface area contributed by atoms with Crippen molar-refractivity contribution in [2.45, 2.75) is 37.1 Å². The number of hydrogen-bond donors (Lipinski definition) is 1. The van der Waals surface area contributed by atoms with Crippen LogP contribution in [-0.4, -0.2) is 26.6 Å². The summed E-state index contributed by atoms with van der Waals surface area (Å²) in [4.78, 5) is 12.5. The van der Waals surface area contributed by atoms with Gasteiger partial charge in [-0.25, -0.2) is 8.42 Å². The number of nitrogens with one attached hydrogen (secondary N) is 1. The Morgan fingerprint density at radius 2 is 1.81 bits per heavy atom. The Morgan fingerprint density at radius 3 is 2.48 bits per heavy atom. The number of hydrogen-bond acceptors (Lipinski definition) is 4. The second kappa shape index (κ2) is 7.96. The first-order valence-corrected chi connectivity index (χ1v) is 10.8. The second-order valence-corrected chi connectivity index (χ2v) is 8.86. The van der Waals surface area contributed by atoms with Gasteiger partial charge in [-0.15, -0.1) is 0 Å². The minimum absolute atomic E-state index is 0.0363. The van der Waals surface area contributed by atoms with Crippen molar-refractivity contribution in [3.63, 3.8) is 0 Å². The maximum absolute atomic E-state index is 12.2. The van der Waals surface area contributed by atoms with Crippen LogP contribution in [0.4, 0.5) is 0 Å². The number of amides is 1. The van der Waals surface area contributed by atoms with E-state index in [0.29, 0.717) is 19.3 Å². The molecule has 1 N–H and O–H groups in total. The summed E-state index contributed by atoms with van der Waals surface area (Å²) in [6.07, 6.45) is 2.72. The normalized spacial score (nSPS) is 12.8. The average Bonchev–Trinajstić information content (AvgIpc) is 3.01. The third kappa shape index (κ3) is 5.20. The first-order valence-electron chi connectivity index (χ1n) is 8.87. The lowest BCUT2D eigenvalue weighted by molar-refractivity contribution is -0.121. The predicted molar refractivity (Wildman–Crippen MR) is 105 cm³/mol. The summed E-state index contributed by atoms with van der Waals surface area (Å²) < 4.78 is 28.7. The molecule has 0 bridgehead atoms. The summed E-state index contributed by atoms with van der Waals surface area (Å²) in [5.74, 6) is 0.811. The van der Waals surface area contributed by atoms with Gasteiger partial charge in [0.25, 0.3) is 0 Å². The number of carbonyl (C=O) groups excluding carboxylic acids is 1. The summed E-state index contributed by atoms with van der Waals surface area (Å²) in [6.45, 7) is 1.95.